The number of carbonyl (C=O) groups is 1. The second-order valence-corrected chi connectivity index (χ2v) is 7.44. The molecule has 1 aliphatic rings. The number of nitrogens with zero attached hydrogens (tertiary/aromatic N) is 1. The number of carboxylic acid groups (broad SMARTS) is 1. The number of sulfonamides is 1. The highest BCUT2D eigenvalue weighted by Crippen LogP contribution is 2.39. The van der Waals surface area contributed by atoms with Crippen molar-refractivity contribution in [3.05, 3.63) is 23.8 Å². The first kappa shape index (κ1) is 15.8. The summed E-state index contributed by atoms with van der Waals surface area (Å²) in [6.45, 7) is 2.56. The summed E-state index contributed by atoms with van der Waals surface area (Å²) in [5.74, 6) is -0.129. The maximum absolute atomic E-state index is 12.6. The van der Waals surface area contributed by atoms with Gasteiger partial charge in [0.05, 0.1) is 12.7 Å². The van der Waals surface area contributed by atoms with Crippen LogP contribution in [0.1, 0.15) is 23.7 Å². The van der Waals surface area contributed by atoms with Crippen LogP contribution in [0.5, 0.6) is 5.75 Å². The van der Waals surface area contributed by atoms with Gasteiger partial charge in [0.15, 0.2) is 0 Å². The molecule has 1 N–H and O–H groups in total. The molecule has 0 heterocycles. The van der Waals surface area contributed by atoms with Gasteiger partial charge in [0, 0.05) is 13.6 Å². The van der Waals surface area contributed by atoms with Gasteiger partial charge in [0.25, 0.3) is 0 Å². The minimum Gasteiger partial charge on any atom is -0.495 e. The van der Waals surface area contributed by atoms with Crippen molar-refractivity contribution in [3.8, 4) is 5.75 Å². The summed E-state index contributed by atoms with van der Waals surface area (Å²) in [6.07, 6.45) is 1.04. The molecule has 1 aromatic rings. The minimum absolute atomic E-state index is 0.00852. The van der Waals surface area contributed by atoms with E-state index in [1.807, 2.05) is 0 Å². The van der Waals surface area contributed by atoms with Crippen molar-refractivity contribution in [2.75, 3.05) is 20.7 Å². The van der Waals surface area contributed by atoms with E-state index >= 15 is 0 Å². The number of methoxy groups -OCH3 is 1. The molecule has 0 amide bonds. The van der Waals surface area contributed by atoms with E-state index in [9.17, 15) is 13.2 Å². The van der Waals surface area contributed by atoms with E-state index in [2.05, 4.69) is 6.92 Å². The molecule has 1 aliphatic carbocycles. The standard InChI is InChI=1S/C14H19NO5S/c1-9-6-11(9)8-15(2)21(18,19)13-5-4-10(14(16)17)7-12(13)20-3/h4-5,7,9,11H,6,8H2,1-3H3,(H,16,17). The molecule has 2 rings (SSSR count). The predicted octanol–water partition coefficient (Wildman–Crippen LogP) is 1.67. The number of hydrogen-bond acceptors (Lipinski definition) is 4. The SMILES string of the molecule is COc1cc(C(=O)O)ccc1S(=O)(=O)N(C)CC1CC1C. The van der Waals surface area contributed by atoms with Gasteiger partial charge in [-0.15, -0.1) is 0 Å². The topological polar surface area (TPSA) is 83.9 Å². The van der Waals surface area contributed by atoms with Crippen LogP contribution in [-0.2, 0) is 10.0 Å². The molecule has 0 aliphatic heterocycles. The maximum atomic E-state index is 12.6. The molecule has 2 unspecified atom stereocenters. The first-order valence-electron chi connectivity index (χ1n) is 6.65. The van der Waals surface area contributed by atoms with Crippen LogP contribution in [0.3, 0.4) is 0 Å². The lowest BCUT2D eigenvalue weighted by atomic mass is 10.2. The number of rotatable bonds is 6. The van der Waals surface area contributed by atoms with E-state index in [0.717, 1.165) is 6.42 Å². The largest absolute Gasteiger partial charge is 0.495 e. The lowest BCUT2D eigenvalue weighted by molar-refractivity contribution is 0.0696. The van der Waals surface area contributed by atoms with Crippen molar-refractivity contribution >= 4 is 16.0 Å². The van der Waals surface area contributed by atoms with Gasteiger partial charge in [-0.2, -0.15) is 0 Å². The van der Waals surface area contributed by atoms with Crippen LogP contribution in [0.25, 0.3) is 0 Å². The number of aromatic carboxylic acids is 1. The highest BCUT2D eigenvalue weighted by atomic mass is 32.2. The van der Waals surface area contributed by atoms with Gasteiger partial charge in [-0.25, -0.2) is 17.5 Å². The third-order valence-corrected chi connectivity index (χ3v) is 5.73. The van der Waals surface area contributed by atoms with Gasteiger partial charge in [-0.05, 0) is 36.5 Å². The van der Waals surface area contributed by atoms with Crippen LogP contribution >= 0.6 is 0 Å². The Hall–Kier alpha value is -1.60. The van der Waals surface area contributed by atoms with Crippen molar-refractivity contribution in [3.63, 3.8) is 0 Å². The van der Waals surface area contributed by atoms with Crippen LogP contribution in [0.4, 0.5) is 0 Å². The quantitative estimate of drug-likeness (QED) is 0.863. The van der Waals surface area contributed by atoms with Crippen LogP contribution in [0.2, 0.25) is 0 Å². The van der Waals surface area contributed by atoms with E-state index in [1.54, 1.807) is 0 Å². The van der Waals surface area contributed by atoms with Gasteiger partial charge >= 0.3 is 5.97 Å². The minimum atomic E-state index is -3.69. The molecule has 116 valence electrons. The van der Waals surface area contributed by atoms with E-state index < -0.39 is 16.0 Å². The fraction of sp³-hybridized carbons (Fsp3) is 0.500. The number of hydrogen-bond donors (Lipinski definition) is 1. The van der Waals surface area contributed by atoms with E-state index in [4.69, 9.17) is 9.84 Å². The third-order valence-electron chi connectivity index (χ3n) is 3.87. The molecule has 1 saturated carbocycles. The molecule has 0 aromatic heterocycles. The van der Waals surface area contributed by atoms with E-state index in [1.165, 1.54) is 36.7 Å². The number of ether oxygens (including phenoxy) is 1. The van der Waals surface area contributed by atoms with Crippen molar-refractivity contribution < 1.29 is 23.1 Å². The Morgan fingerprint density at radius 2 is 2.10 bits per heavy atom. The summed E-state index contributed by atoms with van der Waals surface area (Å²) in [5.41, 5.74) is -0.00994. The Bertz CT molecular complexity index is 655. The van der Waals surface area contributed by atoms with Crippen molar-refractivity contribution in [2.45, 2.75) is 18.2 Å². The molecular formula is C14H19NO5S. The summed E-state index contributed by atoms with van der Waals surface area (Å²) < 4.78 is 31.5. The molecule has 6 nitrogen and oxygen atoms in total. The molecule has 1 aromatic carbocycles. The Kier molecular flexibility index (Phi) is 4.25. The van der Waals surface area contributed by atoms with Crippen molar-refractivity contribution in [1.82, 2.24) is 4.31 Å². The highest BCUT2D eigenvalue weighted by molar-refractivity contribution is 7.89. The summed E-state index contributed by atoms with van der Waals surface area (Å²) in [5, 5.41) is 8.95. The fourth-order valence-corrected chi connectivity index (χ4v) is 3.62. The Balaban J connectivity index is 2.32. The molecule has 21 heavy (non-hydrogen) atoms. The first-order chi connectivity index (χ1) is 9.77. The van der Waals surface area contributed by atoms with Crippen LogP contribution < -0.4 is 4.74 Å². The first-order valence-corrected chi connectivity index (χ1v) is 8.09. The average molecular weight is 313 g/mol. The summed E-state index contributed by atoms with van der Waals surface area (Å²) >= 11 is 0. The van der Waals surface area contributed by atoms with Gasteiger partial charge in [-0.3, -0.25) is 0 Å². The predicted molar refractivity (Wildman–Crippen MR) is 77.0 cm³/mol. The van der Waals surface area contributed by atoms with E-state index in [0.29, 0.717) is 18.4 Å². The average Bonchev–Trinajstić information content (AvgIpc) is 3.13. The van der Waals surface area contributed by atoms with Gasteiger partial charge in [0.2, 0.25) is 10.0 Å². The number of carboxylic acids is 1. The Morgan fingerprint density at radius 3 is 2.57 bits per heavy atom. The molecule has 1 fully saturated rings. The zero-order valence-corrected chi connectivity index (χ0v) is 13.1. The van der Waals surface area contributed by atoms with Gasteiger partial charge in [0.1, 0.15) is 10.6 Å². The molecular weight excluding hydrogens is 294 g/mol. The summed E-state index contributed by atoms with van der Waals surface area (Å²) in [4.78, 5) is 10.9. The molecule has 0 radical (unpaired) electrons. The van der Waals surface area contributed by atoms with Gasteiger partial charge < -0.3 is 9.84 Å². The normalized spacial score (nSPS) is 21.3. The molecule has 0 bridgehead atoms. The van der Waals surface area contributed by atoms with Crippen LogP contribution in [-0.4, -0.2) is 44.5 Å². The zero-order valence-electron chi connectivity index (χ0n) is 12.2. The molecule has 7 heteroatoms. The highest BCUT2D eigenvalue weighted by Gasteiger charge is 2.36. The molecule has 0 saturated heterocycles. The third kappa shape index (κ3) is 3.19. The fourth-order valence-electron chi connectivity index (χ4n) is 2.26. The Labute approximate surface area is 124 Å². The lowest BCUT2D eigenvalue weighted by Gasteiger charge is -2.19. The van der Waals surface area contributed by atoms with Crippen molar-refractivity contribution in [1.29, 1.82) is 0 Å². The zero-order chi connectivity index (χ0) is 15.8. The van der Waals surface area contributed by atoms with Crippen LogP contribution in [0.15, 0.2) is 23.1 Å². The second-order valence-electron chi connectivity index (χ2n) is 5.43. The second kappa shape index (κ2) is 5.65. The monoisotopic (exact) mass is 313 g/mol. The maximum Gasteiger partial charge on any atom is 0.335 e. The van der Waals surface area contributed by atoms with Crippen LogP contribution in [0, 0.1) is 11.8 Å². The Morgan fingerprint density at radius 1 is 1.48 bits per heavy atom. The molecule has 2 atom stereocenters. The van der Waals surface area contributed by atoms with Gasteiger partial charge in [-0.1, -0.05) is 6.92 Å². The van der Waals surface area contributed by atoms with Crippen molar-refractivity contribution in [2.24, 2.45) is 11.8 Å². The lowest BCUT2D eigenvalue weighted by Crippen LogP contribution is -2.29. The number of benzene rings is 1. The summed E-state index contributed by atoms with van der Waals surface area (Å²) in [7, 11) is -0.832. The molecule has 0 spiro atoms. The summed E-state index contributed by atoms with van der Waals surface area (Å²) in [6, 6.07) is 3.78. The smallest absolute Gasteiger partial charge is 0.335 e. The van der Waals surface area contributed by atoms with E-state index in [-0.39, 0.29) is 16.2 Å².